The van der Waals surface area contributed by atoms with Gasteiger partial charge in [0.15, 0.2) is 0 Å². The number of benzene rings is 7. The number of para-hydroxylation sites is 3. The van der Waals surface area contributed by atoms with E-state index in [1.807, 2.05) is 18.2 Å². The Kier molecular flexibility index (Phi) is 6.87. The van der Waals surface area contributed by atoms with Gasteiger partial charge in [0.25, 0.3) is 0 Å². The smallest absolute Gasteiger partial charge is 0.136 e. The third-order valence-electron chi connectivity index (χ3n) is 10.5. The monoisotopic (exact) mass is 666 g/mol. The summed E-state index contributed by atoms with van der Waals surface area (Å²) in [6.07, 6.45) is 6.01. The van der Waals surface area contributed by atoms with E-state index in [0.717, 1.165) is 55.5 Å². The van der Waals surface area contributed by atoms with Gasteiger partial charge in [0.1, 0.15) is 11.2 Å². The zero-order valence-corrected chi connectivity index (χ0v) is 28.8. The Hall–Kier alpha value is -6.84. The molecule has 0 saturated heterocycles. The fourth-order valence-electron chi connectivity index (χ4n) is 8.18. The standard InChI is InChI=1S/C49H34N2O/c1-3-4-19-39-32(2)50(43-23-11-8-20-40(39)43)37-18-14-17-34(29-37)36-28-35(33-15-6-5-7-16-33)30-38(31-36)51-44-24-12-9-21-41(44)48-45(51)26-27-47-49(48)42-22-10-13-25-46(42)52-47/h3-31H,1H2,2H3/b19-4-. The minimum Gasteiger partial charge on any atom is -0.456 e. The second-order valence-corrected chi connectivity index (χ2v) is 13.4. The second kappa shape index (κ2) is 11.9. The molecule has 3 heterocycles. The molecular weight excluding hydrogens is 633 g/mol. The number of furan rings is 1. The lowest BCUT2D eigenvalue weighted by atomic mass is 9.97. The summed E-state index contributed by atoms with van der Waals surface area (Å²) in [5, 5.41) is 5.94. The van der Waals surface area contributed by atoms with Crippen molar-refractivity contribution in [1.29, 1.82) is 0 Å². The molecule has 0 fully saturated rings. The van der Waals surface area contributed by atoms with Gasteiger partial charge in [-0.2, -0.15) is 0 Å². The van der Waals surface area contributed by atoms with Crippen molar-refractivity contribution in [3.63, 3.8) is 0 Å². The van der Waals surface area contributed by atoms with Crippen LogP contribution in [0.15, 0.2) is 181 Å². The molecule has 0 aliphatic heterocycles. The van der Waals surface area contributed by atoms with E-state index in [0.29, 0.717) is 0 Å². The summed E-state index contributed by atoms with van der Waals surface area (Å²) in [5.41, 5.74) is 14.6. The van der Waals surface area contributed by atoms with Gasteiger partial charge in [-0.1, -0.05) is 122 Å². The number of fused-ring (bicyclic) bond motifs is 8. The molecule has 0 bridgehead atoms. The van der Waals surface area contributed by atoms with Crippen LogP contribution in [0.5, 0.6) is 0 Å². The molecule has 246 valence electrons. The maximum absolute atomic E-state index is 6.36. The lowest BCUT2D eigenvalue weighted by Crippen LogP contribution is -1.98. The first-order valence-corrected chi connectivity index (χ1v) is 17.7. The van der Waals surface area contributed by atoms with E-state index in [1.54, 1.807) is 0 Å². The highest BCUT2D eigenvalue weighted by molar-refractivity contribution is 6.27. The number of nitrogens with zero attached hydrogens (tertiary/aromatic N) is 2. The Bertz CT molecular complexity index is 3040. The van der Waals surface area contributed by atoms with Crippen LogP contribution in [0.2, 0.25) is 0 Å². The molecule has 10 rings (SSSR count). The van der Waals surface area contributed by atoms with Crippen LogP contribution in [0.1, 0.15) is 11.3 Å². The molecular formula is C49H34N2O. The predicted molar refractivity (Wildman–Crippen MR) is 220 cm³/mol. The Balaban J connectivity index is 1.23. The van der Waals surface area contributed by atoms with Crippen molar-refractivity contribution in [3.05, 3.63) is 188 Å². The van der Waals surface area contributed by atoms with Crippen LogP contribution in [0, 0.1) is 6.92 Å². The second-order valence-electron chi connectivity index (χ2n) is 13.4. The summed E-state index contributed by atoms with van der Waals surface area (Å²) < 4.78 is 11.2. The van der Waals surface area contributed by atoms with Gasteiger partial charge in [0.05, 0.1) is 16.6 Å². The third-order valence-corrected chi connectivity index (χ3v) is 10.5. The minimum absolute atomic E-state index is 0.906. The maximum Gasteiger partial charge on any atom is 0.136 e. The maximum atomic E-state index is 6.36. The van der Waals surface area contributed by atoms with Crippen LogP contribution < -0.4 is 0 Å². The molecule has 7 aromatic carbocycles. The van der Waals surface area contributed by atoms with Crippen molar-refractivity contribution >= 4 is 60.7 Å². The van der Waals surface area contributed by atoms with Crippen LogP contribution >= 0.6 is 0 Å². The highest BCUT2D eigenvalue weighted by Crippen LogP contribution is 2.42. The summed E-state index contributed by atoms with van der Waals surface area (Å²) in [6.45, 7) is 6.11. The van der Waals surface area contributed by atoms with Crippen LogP contribution in [0.4, 0.5) is 0 Å². The Morgan fingerprint density at radius 1 is 0.481 bits per heavy atom. The summed E-state index contributed by atoms with van der Waals surface area (Å²) in [4.78, 5) is 0. The Morgan fingerprint density at radius 2 is 1.13 bits per heavy atom. The van der Waals surface area contributed by atoms with Crippen LogP contribution in [0.25, 0.3) is 94.4 Å². The summed E-state index contributed by atoms with van der Waals surface area (Å²) in [5.74, 6) is 0. The van der Waals surface area contributed by atoms with Crippen molar-refractivity contribution in [2.45, 2.75) is 6.92 Å². The average Bonchev–Trinajstić information content (AvgIpc) is 3.84. The van der Waals surface area contributed by atoms with Crippen molar-refractivity contribution in [3.8, 4) is 33.6 Å². The van der Waals surface area contributed by atoms with Gasteiger partial charge in [-0.15, -0.1) is 0 Å². The molecule has 0 aliphatic carbocycles. The third kappa shape index (κ3) is 4.60. The lowest BCUT2D eigenvalue weighted by molar-refractivity contribution is 0.669. The van der Waals surface area contributed by atoms with E-state index < -0.39 is 0 Å². The highest BCUT2D eigenvalue weighted by Gasteiger charge is 2.20. The Morgan fingerprint density at radius 3 is 1.94 bits per heavy atom. The van der Waals surface area contributed by atoms with E-state index in [2.05, 4.69) is 180 Å². The predicted octanol–water partition coefficient (Wildman–Crippen LogP) is 13.5. The topological polar surface area (TPSA) is 23.0 Å². The SMILES string of the molecule is C=C/C=C\c1c(C)n(-c2cccc(-c3cc(-c4ccccc4)cc(-n4c5ccccc5c5c6c(ccc54)oc4ccccc46)c3)c2)c2ccccc12. The molecule has 10 aromatic rings. The number of hydrogen-bond acceptors (Lipinski definition) is 1. The molecule has 0 N–H and O–H groups in total. The van der Waals surface area contributed by atoms with Crippen molar-refractivity contribution in [2.75, 3.05) is 0 Å². The first-order chi connectivity index (χ1) is 25.7. The van der Waals surface area contributed by atoms with Crippen LogP contribution in [-0.2, 0) is 0 Å². The van der Waals surface area contributed by atoms with Crippen molar-refractivity contribution in [2.24, 2.45) is 0 Å². The zero-order valence-electron chi connectivity index (χ0n) is 28.8. The van der Waals surface area contributed by atoms with Gasteiger partial charge in [0, 0.05) is 49.6 Å². The van der Waals surface area contributed by atoms with Gasteiger partial charge in [0.2, 0.25) is 0 Å². The summed E-state index contributed by atoms with van der Waals surface area (Å²) in [6, 6.07) is 56.7. The molecule has 0 amide bonds. The first kappa shape index (κ1) is 30.0. The van der Waals surface area contributed by atoms with E-state index in [1.165, 1.54) is 44.1 Å². The fraction of sp³-hybridized carbons (Fsp3) is 0.0204. The van der Waals surface area contributed by atoms with Crippen LogP contribution in [-0.4, -0.2) is 9.13 Å². The minimum atomic E-state index is 0.906. The van der Waals surface area contributed by atoms with E-state index in [-0.39, 0.29) is 0 Å². The summed E-state index contributed by atoms with van der Waals surface area (Å²) >= 11 is 0. The quantitative estimate of drug-likeness (QED) is 0.162. The fourth-order valence-corrected chi connectivity index (χ4v) is 8.18. The van der Waals surface area contributed by atoms with Crippen LogP contribution in [0.3, 0.4) is 0 Å². The number of hydrogen-bond donors (Lipinski definition) is 0. The number of allylic oxidation sites excluding steroid dienone is 2. The molecule has 0 saturated carbocycles. The number of rotatable bonds is 6. The first-order valence-electron chi connectivity index (χ1n) is 17.7. The molecule has 52 heavy (non-hydrogen) atoms. The largest absolute Gasteiger partial charge is 0.456 e. The molecule has 0 unspecified atom stereocenters. The van der Waals surface area contributed by atoms with Gasteiger partial charge < -0.3 is 13.6 Å². The van der Waals surface area contributed by atoms with E-state index in [4.69, 9.17) is 4.42 Å². The lowest BCUT2D eigenvalue weighted by Gasteiger charge is -2.15. The van der Waals surface area contributed by atoms with Gasteiger partial charge in [-0.25, -0.2) is 0 Å². The van der Waals surface area contributed by atoms with Gasteiger partial charge >= 0.3 is 0 Å². The van der Waals surface area contributed by atoms with Crippen molar-refractivity contribution in [1.82, 2.24) is 9.13 Å². The molecule has 3 aromatic heterocycles. The van der Waals surface area contributed by atoms with E-state index >= 15 is 0 Å². The number of aromatic nitrogens is 2. The summed E-state index contributed by atoms with van der Waals surface area (Å²) in [7, 11) is 0. The van der Waals surface area contributed by atoms with Crippen molar-refractivity contribution < 1.29 is 4.42 Å². The highest BCUT2D eigenvalue weighted by atomic mass is 16.3. The molecule has 0 radical (unpaired) electrons. The Labute approximate surface area is 301 Å². The molecule has 0 aliphatic rings. The van der Waals surface area contributed by atoms with Gasteiger partial charge in [-0.3, -0.25) is 0 Å². The molecule has 3 heteroatoms. The average molecular weight is 667 g/mol. The van der Waals surface area contributed by atoms with E-state index in [9.17, 15) is 0 Å². The van der Waals surface area contributed by atoms with Gasteiger partial charge in [-0.05, 0) is 89.8 Å². The molecule has 3 nitrogen and oxygen atoms in total. The molecule has 0 atom stereocenters. The molecule has 0 spiro atoms. The zero-order chi connectivity index (χ0) is 34.8. The normalized spacial score (nSPS) is 11.9.